The summed E-state index contributed by atoms with van der Waals surface area (Å²) in [6.07, 6.45) is 4.06. The second-order valence-electron chi connectivity index (χ2n) is 4.12. The Balaban J connectivity index is 2.52. The van der Waals surface area contributed by atoms with E-state index in [-0.39, 0.29) is 0 Å². The van der Waals surface area contributed by atoms with Gasteiger partial charge in [0, 0.05) is 0 Å². The molecule has 0 saturated carbocycles. The van der Waals surface area contributed by atoms with E-state index in [1.807, 2.05) is 13.0 Å². The van der Waals surface area contributed by atoms with E-state index < -0.39 is 5.60 Å². The lowest BCUT2D eigenvalue weighted by molar-refractivity contribution is 0.0427. The van der Waals surface area contributed by atoms with Crippen LogP contribution in [0.3, 0.4) is 0 Å². The highest BCUT2D eigenvalue weighted by Gasteiger charge is 2.29. The summed E-state index contributed by atoms with van der Waals surface area (Å²) in [5.74, 6) is 0. The Morgan fingerprint density at radius 3 is 3.00 bits per heavy atom. The fourth-order valence-electron chi connectivity index (χ4n) is 2.04. The molecular weight excluding hydrogens is 242 g/mol. The van der Waals surface area contributed by atoms with Crippen molar-refractivity contribution < 1.29 is 5.11 Å². The topological polar surface area (TPSA) is 33.1 Å². The van der Waals surface area contributed by atoms with Crippen molar-refractivity contribution in [2.75, 3.05) is 0 Å². The highest BCUT2D eigenvalue weighted by Crippen LogP contribution is 2.32. The fourth-order valence-corrected chi connectivity index (χ4v) is 2.34. The molecule has 1 aliphatic carbocycles. The first kappa shape index (κ1) is 10.1. The Labute approximate surface area is 92.5 Å². The first-order valence-corrected chi connectivity index (χ1v) is 5.77. The van der Waals surface area contributed by atoms with E-state index in [0.29, 0.717) is 0 Å². The van der Waals surface area contributed by atoms with E-state index in [4.69, 9.17) is 0 Å². The zero-order chi connectivity index (χ0) is 10.2. The quantitative estimate of drug-likeness (QED) is 0.572. The van der Waals surface area contributed by atoms with Gasteiger partial charge in [-0.1, -0.05) is 6.07 Å². The maximum atomic E-state index is 10.2. The molecule has 0 spiro atoms. The first-order valence-electron chi connectivity index (χ1n) is 4.98. The highest BCUT2D eigenvalue weighted by molar-refractivity contribution is 9.10. The molecule has 1 aromatic heterocycles. The number of nitrogens with zero attached hydrogens (tertiary/aromatic N) is 1. The monoisotopic (exact) mass is 255 g/mol. The number of rotatable bonds is 0. The average Bonchev–Trinajstić information content (AvgIpc) is 2.26. The van der Waals surface area contributed by atoms with Gasteiger partial charge in [0.2, 0.25) is 0 Å². The molecule has 1 atom stereocenters. The second kappa shape index (κ2) is 3.63. The van der Waals surface area contributed by atoms with Gasteiger partial charge in [0.1, 0.15) is 10.2 Å². The fraction of sp³-hybridized carbons (Fsp3) is 0.545. The third-order valence-electron chi connectivity index (χ3n) is 2.81. The number of fused-ring (bicyclic) bond motifs is 1. The van der Waals surface area contributed by atoms with Crippen LogP contribution >= 0.6 is 15.9 Å². The predicted octanol–water partition coefficient (Wildman–Crippen LogP) is 2.78. The van der Waals surface area contributed by atoms with Crippen LogP contribution in [-0.4, -0.2) is 10.1 Å². The van der Waals surface area contributed by atoms with E-state index in [2.05, 4.69) is 27.0 Å². The van der Waals surface area contributed by atoms with E-state index in [1.165, 1.54) is 5.56 Å². The molecule has 76 valence electrons. The maximum Gasteiger partial charge on any atom is 0.106 e. The highest BCUT2D eigenvalue weighted by atomic mass is 79.9. The SMILES string of the molecule is CC1(O)CCCCc2ccc(Br)nc21. The van der Waals surface area contributed by atoms with Gasteiger partial charge in [0.05, 0.1) is 5.69 Å². The minimum absolute atomic E-state index is 0.754. The third-order valence-corrected chi connectivity index (χ3v) is 3.26. The number of hydrogen-bond donors (Lipinski definition) is 1. The zero-order valence-electron chi connectivity index (χ0n) is 8.26. The normalized spacial score (nSPS) is 26.8. The molecule has 1 aliphatic rings. The Morgan fingerprint density at radius 1 is 1.43 bits per heavy atom. The lowest BCUT2D eigenvalue weighted by atomic mass is 9.95. The van der Waals surface area contributed by atoms with Crippen molar-refractivity contribution in [3.05, 3.63) is 28.0 Å². The third kappa shape index (κ3) is 1.84. The molecule has 1 N–H and O–H groups in total. The van der Waals surface area contributed by atoms with Gasteiger partial charge < -0.3 is 5.11 Å². The van der Waals surface area contributed by atoms with Crippen molar-refractivity contribution in [1.82, 2.24) is 4.98 Å². The molecule has 3 heteroatoms. The van der Waals surface area contributed by atoms with Gasteiger partial charge in [0.25, 0.3) is 0 Å². The molecule has 0 amide bonds. The van der Waals surface area contributed by atoms with Crippen LogP contribution in [0.1, 0.15) is 37.4 Å². The number of halogens is 1. The van der Waals surface area contributed by atoms with E-state index in [9.17, 15) is 5.11 Å². The molecule has 0 bridgehead atoms. The largest absolute Gasteiger partial charge is 0.384 e. The minimum atomic E-state index is -0.754. The van der Waals surface area contributed by atoms with Crippen LogP contribution in [0.4, 0.5) is 0 Å². The van der Waals surface area contributed by atoms with Crippen LogP contribution in [0, 0.1) is 0 Å². The number of aliphatic hydroxyl groups is 1. The Kier molecular flexibility index (Phi) is 2.62. The van der Waals surface area contributed by atoms with E-state index in [0.717, 1.165) is 36.0 Å². The molecule has 2 rings (SSSR count). The van der Waals surface area contributed by atoms with E-state index in [1.54, 1.807) is 0 Å². The minimum Gasteiger partial charge on any atom is -0.384 e. The molecule has 1 unspecified atom stereocenters. The van der Waals surface area contributed by atoms with Crippen molar-refractivity contribution in [2.45, 2.75) is 38.2 Å². The van der Waals surface area contributed by atoms with Crippen molar-refractivity contribution in [3.63, 3.8) is 0 Å². The molecule has 0 aromatic carbocycles. The van der Waals surface area contributed by atoms with Crippen molar-refractivity contribution in [3.8, 4) is 0 Å². The van der Waals surface area contributed by atoms with Gasteiger partial charge in [-0.05, 0) is 60.2 Å². The first-order chi connectivity index (χ1) is 6.59. The van der Waals surface area contributed by atoms with Crippen molar-refractivity contribution in [2.24, 2.45) is 0 Å². The van der Waals surface area contributed by atoms with Gasteiger partial charge in [-0.2, -0.15) is 0 Å². The summed E-state index contributed by atoms with van der Waals surface area (Å²) < 4.78 is 0.804. The number of pyridine rings is 1. The molecule has 2 nitrogen and oxygen atoms in total. The second-order valence-corrected chi connectivity index (χ2v) is 4.94. The van der Waals surface area contributed by atoms with Gasteiger partial charge in [-0.25, -0.2) is 4.98 Å². The van der Waals surface area contributed by atoms with Crippen LogP contribution in [-0.2, 0) is 12.0 Å². The van der Waals surface area contributed by atoms with Gasteiger partial charge in [0.15, 0.2) is 0 Å². The van der Waals surface area contributed by atoms with Crippen LogP contribution in [0.5, 0.6) is 0 Å². The van der Waals surface area contributed by atoms with Crippen LogP contribution in [0.25, 0.3) is 0 Å². The molecule has 0 radical (unpaired) electrons. The smallest absolute Gasteiger partial charge is 0.106 e. The molecule has 0 aliphatic heterocycles. The van der Waals surface area contributed by atoms with Gasteiger partial charge in [-0.3, -0.25) is 0 Å². The lowest BCUT2D eigenvalue weighted by Gasteiger charge is -2.22. The zero-order valence-corrected chi connectivity index (χ0v) is 9.84. The summed E-state index contributed by atoms with van der Waals surface area (Å²) in [5, 5.41) is 10.2. The summed E-state index contributed by atoms with van der Waals surface area (Å²) in [6, 6.07) is 4.01. The van der Waals surface area contributed by atoms with Crippen molar-refractivity contribution in [1.29, 1.82) is 0 Å². The summed E-state index contributed by atoms with van der Waals surface area (Å²) in [7, 11) is 0. The Hall–Kier alpha value is -0.410. The van der Waals surface area contributed by atoms with Crippen LogP contribution in [0.15, 0.2) is 16.7 Å². The summed E-state index contributed by atoms with van der Waals surface area (Å²) in [4.78, 5) is 4.39. The summed E-state index contributed by atoms with van der Waals surface area (Å²) >= 11 is 3.35. The Bertz CT molecular complexity index is 349. The number of aromatic nitrogens is 1. The summed E-state index contributed by atoms with van der Waals surface area (Å²) in [5.41, 5.74) is 1.29. The Morgan fingerprint density at radius 2 is 2.21 bits per heavy atom. The molecule has 1 heterocycles. The molecule has 0 fully saturated rings. The number of hydrogen-bond acceptors (Lipinski definition) is 2. The van der Waals surface area contributed by atoms with Crippen LogP contribution < -0.4 is 0 Å². The average molecular weight is 256 g/mol. The van der Waals surface area contributed by atoms with Gasteiger partial charge >= 0.3 is 0 Å². The lowest BCUT2D eigenvalue weighted by Crippen LogP contribution is -2.23. The predicted molar refractivity (Wildman–Crippen MR) is 59.1 cm³/mol. The molecule has 14 heavy (non-hydrogen) atoms. The number of aryl methyl sites for hydroxylation is 1. The molecule has 1 aromatic rings. The summed E-state index contributed by atoms with van der Waals surface area (Å²) in [6.45, 7) is 1.86. The van der Waals surface area contributed by atoms with Gasteiger partial charge in [-0.15, -0.1) is 0 Å². The molecular formula is C11H14BrNO. The standard InChI is InChI=1S/C11H14BrNO/c1-11(14)7-3-2-4-8-5-6-9(12)13-10(8)11/h5-6,14H,2-4,7H2,1H3. The van der Waals surface area contributed by atoms with E-state index >= 15 is 0 Å². The van der Waals surface area contributed by atoms with Crippen LogP contribution in [0.2, 0.25) is 0 Å². The molecule has 0 saturated heterocycles. The maximum absolute atomic E-state index is 10.2. The van der Waals surface area contributed by atoms with Crippen molar-refractivity contribution >= 4 is 15.9 Å².